The highest BCUT2D eigenvalue weighted by Crippen LogP contribution is 2.11. The maximum Gasteiger partial charge on any atom is 0.416 e. The molecule has 4 atom stereocenters. The molecular weight excluding hydrogens is 574 g/mol. The molecule has 0 aliphatic carbocycles. The summed E-state index contributed by atoms with van der Waals surface area (Å²) in [6.45, 7) is 1.26. The van der Waals surface area contributed by atoms with Crippen LogP contribution < -0.4 is 5.73 Å². The highest BCUT2D eigenvalue weighted by molar-refractivity contribution is 7.94. The van der Waals surface area contributed by atoms with Crippen molar-refractivity contribution in [3.05, 3.63) is 12.2 Å². The molecule has 240 valence electrons. The van der Waals surface area contributed by atoms with E-state index in [0.717, 1.165) is 38.5 Å². The van der Waals surface area contributed by atoms with E-state index in [-0.39, 0.29) is 6.61 Å². The van der Waals surface area contributed by atoms with E-state index in [0.29, 0.717) is 6.42 Å². The van der Waals surface area contributed by atoms with Crippen molar-refractivity contribution in [3.8, 4) is 0 Å². The molecule has 0 spiro atoms. The lowest BCUT2D eigenvalue weighted by Gasteiger charge is -2.23. The predicted octanol–water partition coefficient (Wildman–Crippen LogP) is 1.01. The van der Waals surface area contributed by atoms with Gasteiger partial charge in [-0.25, -0.2) is 4.18 Å². The van der Waals surface area contributed by atoms with Gasteiger partial charge in [-0.2, -0.15) is 16.8 Å². The molecule has 14 nitrogen and oxygen atoms in total. The zero-order valence-electron chi connectivity index (χ0n) is 23.2. The molecule has 0 radical (unpaired) electrons. The number of hydrogen-bond donors (Lipinski definition) is 7. The molecule has 0 aromatic heterocycles. The van der Waals surface area contributed by atoms with Gasteiger partial charge in [0.1, 0.15) is 18.3 Å². The molecule has 0 rings (SSSR count). The fourth-order valence-corrected chi connectivity index (χ4v) is 4.65. The number of amides is 1. The lowest BCUT2D eigenvalue weighted by atomic mass is 10.0. The molecule has 0 heterocycles. The number of carbonyl (C=O) groups excluding carboxylic acids is 1. The summed E-state index contributed by atoms with van der Waals surface area (Å²) < 4.78 is 58.7. The summed E-state index contributed by atoms with van der Waals surface area (Å²) >= 11 is 0. The van der Waals surface area contributed by atoms with Crippen LogP contribution >= 0.6 is 0 Å². The van der Waals surface area contributed by atoms with Crippen molar-refractivity contribution in [3.63, 3.8) is 0 Å². The second-order valence-electron chi connectivity index (χ2n) is 9.24. The van der Waals surface area contributed by atoms with Gasteiger partial charge >= 0.3 is 20.8 Å². The molecule has 0 aliphatic heterocycles. The SMILES string of the molecule is CCCCCCCC/C=C\CCCCCCCCOS(=O)(=O)OS(=O)(=O)O.NC(=O)[C@H](O)[C@@H](O)[C@H](O)[C@H](O)CO. The Labute approximate surface area is 238 Å². The Morgan fingerprint density at radius 1 is 0.775 bits per heavy atom. The van der Waals surface area contributed by atoms with E-state index in [9.17, 15) is 21.6 Å². The molecule has 16 heteroatoms. The van der Waals surface area contributed by atoms with Gasteiger partial charge in [0, 0.05) is 0 Å². The van der Waals surface area contributed by atoms with Crippen molar-refractivity contribution < 1.29 is 59.5 Å². The Hall–Kier alpha value is -1.21. The first-order valence-electron chi connectivity index (χ1n) is 13.5. The van der Waals surface area contributed by atoms with E-state index < -0.39 is 57.7 Å². The summed E-state index contributed by atoms with van der Waals surface area (Å²) in [5.74, 6) is -1.23. The van der Waals surface area contributed by atoms with Crippen molar-refractivity contribution in [1.29, 1.82) is 0 Å². The molecule has 8 N–H and O–H groups in total. The number of primary amides is 1. The predicted molar refractivity (Wildman–Crippen MR) is 147 cm³/mol. The van der Waals surface area contributed by atoms with Crippen LogP contribution in [0.25, 0.3) is 0 Å². The number of hydrogen-bond acceptors (Lipinski definition) is 12. The van der Waals surface area contributed by atoms with Gasteiger partial charge in [0.2, 0.25) is 5.91 Å². The monoisotopic (exact) mass is 623 g/mol. The van der Waals surface area contributed by atoms with Gasteiger partial charge in [0.25, 0.3) is 0 Å². The Bertz CT molecular complexity index is 866. The average Bonchev–Trinajstić information content (AvgIpc) is 2.87. The standard InChI is InChI=1S/C18H36O7S2.C6H13NO6/c1-2-3-4-5-6-7-8-9-10-11-12-13-14-15-16-17-18-24-27(22,23)25-26(19,20)21;7-6(13)5(12)4(11)3(10)2(9)1-8/h9-10H,2-8,11-18H2,1H3,(H,19,20,21);2-5,8-12H,1H2,(H2,7,13)/b10-9-;/t;2-,3-,4+,5-/m.1/s1. The summed E-state index contributed by atoms with van der Waals surface area (Å²) in [5, 5.41) is 44.0. The fourth-order valence-electron chi connectivity index (χ4n) is 3.33. The third-order valence-electron chi connectivity index (χ3n) is 5.60. The highest BCUT2D eigenvalue weighted by atomic mass is 32.3. The lowest BCUT2D eigenvalue weighted by molar-refractivity contribution is -0.146. The normalized spacial score (nSPS) is 15.3. The molecular formula is C24H49NO13S2. The van der Waals surface area contributed by atoms with Crippen LogP contribution in [-0.2, 0) is 33.4 Å². The van der Waals surface area contributed by atoms with Crippen molar-refractivity contribution in [2.45, 2.75) is 121 Å². The molecule has 0 saturated carbocycles. The van der Waals surface area contributed by atoms with E-state index in [1.807, 2.05) is 0 Å². The molecule has 0 bridgehead atoms. The topological polar surface area (TPSA) is 251 Å². The number of unbranched alkanes of at least 4 members (excludes halogenated alkanes) is 12. The van der Waals surface area contributed by atoms with E-state index in [2.05, 4.69) is 32.6 Å². The number of allylic oxidation sites excluding steroid dienone is 2. The molecule has 0 saturated heterocycles. The smallest absolute Gasteiger partial charge is 0.394 e. The highest BCUT2D eigenvalue weighted by Gasteiger charge is 2.32. The van der Waals surface area contributed by atoms with Crippen molar-refractivity contribution in [2.24, 2.45) is 5.73 Å². The third kappa shape index (κ3) is 25.7. The molecule has 0 fully saturated rings. The Balaban J connectivity index is 0. The summed E-state index contributed by atoms with van der Waals surface area (Å²) in [7, 11) is -9.78. The van der Waals surface area contributed by atoms with Gasteiger partial charge in [-0.15, -0.1) is 3.63 Å². The number of rotatable bonds is 24. The fraction of sp³-hybridized carbons (Fsp3) is 0.875. The van der Waals surface area contributed by atoms with Gasteiger partial charge in [-0.1, -0.05) is 76.9 Å². The van der Waals surface area contributed by atoms with Crippen LogP contribution in [0.3, 0.4) is 0 Å². The quantitative estimate of drug-likeness (QED) is 0.0451. The number of carbonyl (C=O) groups is 1. The van der Waals surface area contributed by atoms with Gasteiger partial charge in [0.15, 0.2) is 6.10 Å². The third-order valence-corrected chi connectivity index (χ3v) is 7.41. The van der Waals surface area contributed by atoms with Crippen LogP contribution in [-0.4, -0.2) is 90.5 Å². The van der Waals surface area contributed by atoms with Crippen molar-refractivity contribution in [1.82, 2.24) is 0 Å². The van der Waals surface area contributed by atoms with Gasteiger partial charge in [0.05, 0.1) is 13.2 Å². The summed E-state index contributed by atoms with van der Waals surface area (Å²) in [4.78, 5) is 10.3. The first kappa shape index (κ1) is 40.9. The minimum Gasteiger partial charge on any atom is -0.394 e. The first-order chi connectivity index (χ1) is 18.7. The maximum absolute atomic E-state index is 11.0. The lowest BCUT2D eigenvalue weighted by Crippen LogP contribution is -2.50. The van der Waals surface area contributed by atoms with Crippen molar-refractivity contribution >= 4 is 26.7 Å². The zero-order valence-corrected chi connectivity index (χ0v) is 24.8. The molecule has 0 unspecified atom stereocenters. The van der Waals surface area contributed by atoms with Crippen LogP contribution in [0.5, 0.6) is 0 Å². The van der Waals surface area contributed by atoms with Crippen LogP contribution in [0.1, 0.15) is 96.8 Å². The number of aliphatic hydroxyl groups excluding tert-OH is 5. The van der Waals surface area contributed by atoms with Crippen LogP contribution in [0, 0.1) is 0 Å². The number of aliphatic hydroxyl groups is 5. The first-order valence-corrected chi connectivity index (χ1v) is 16.2. The van der Waals surface area contributed by atoms with Crippen LogP contribution in [0.15, 0.2) is 12.2 Å². The minimum absolute atomic E-state index is 0.168. The second kappa shape index (κ2) is 24.4. The molecule has 0 aromatic carbocycles. The molecule has 0 aromatic rings. The van der Waals surface area contributed by atoms with Gasteiger partial charge < -0.3 is 31.3 Å². The van der Waals surface area contributed by atoms with Crippen LogP contribution in [0.4, 0.5) is 0 Å². The van der Waals surface area contributed by atoms with Gasteiger partial charge in [-0.05, 0) is 32.1 Å². The van der Waals surface area contributed by atoms with Crippen molar-refractivity contribution in [2.75, 3.05) is 13.2 Å². The molecule has 0 aliphatic rings. The Morgan fingerprint density at radius 2 is 1.23 bits per heavy atom. The maximum atomic E-state index is 11.0. The Kier molecular flexibility index (Phi) is 25.0. The summed E-state index contributed by atoms with van der Waals surface area (Å²) in [6.07, 6.45) is 13.0. The average molecular weight is 624 g/mol. The van der Waals surface area contributed by atoms with E-state index >= 15 is 0 Å². The molecule has 1 amide bonds. The van der Waals surface area contributed by atoms with E-state index in [1.165, 1.54) is 44.9 Å². The summed E-state index contributed by atoms with van der Waals surface area (Å²) in [6, 6.07) is 0. The Morgan fingerprint density at radius 3 is 1.65 bits per heavy atom. The second-order valence-corrected chi connectivity index (χ2v) is 11.7. The number of nitrogens with two attached hydrogens (primary N) is 1. The zero-order chi connectivity index (χ0) is 31.0. The van der Waals surface area contributed by atoms with E-state index in [4.69, 9.17) is 30.1 Å². The largest absolute Gasteiger partial charge is 0.416 e. The summed E-state index contributed by atoms with van der Waals surface area (Å²) in [5.41, 5.74) is 4.61. The van der Waals surface area contributed by atoms with E-state index in [1.54, 1.807) is 0 Å². The van der Waals surface area contributed by atoms with Crippen LogP contribution in [0.2, 0.25) is 0 Å². The van der Waals surface area contributed by atoms with Gasteiger partial charge in [-0.3, -0.25) is 9.35 Å². The molecule has 40 heavy (non-hydrogen) atoms. The minimum atomic E-state index is -5.07.